The zero-order chi connectivity index (χ0) is 17.9. The maximum Gasteiger partial charge on any atom is 0.261 e. The van der Waals surface area contributed by atoms with Gasteiger partial charge >= 0.3 is 0 Å². The predicted molar refractivity (Wildman–Crippen MR) is 102 cm³/mol. The molecule has 5 nitrogen and oxygen atoms in total. The van der Waals surface area contributed by atoms with Crippen molar-refractivity contribution in [2.75, 3.05) is 5.32 Å². The van der Waals surface area contributed by atoms with Gasteiger partial charge in [0.25, 0.3) is 5.91 Å². The van der Waals surface area contributed by atoms with Crippen LogP contribution in [0.15, 0.2) is 85.3 Å². The molecular formula is C20H15ClN4O. The minimum atomic E-state index is -0.252. The highest BCUT2D eigenvalue weighted by atomic mass is 35.5. The molecule has 0 fully saturated rings. The van der Waals surface area contributed by atoms with Crippen LogP contribution in [0.4, 0.5) is 5.69 Å². The second kappa shape index (κ2) is 6.90. The highest BCUT2D eigenvalue weighted by Gasteiger charge is 2.20. The van der Waals surface area contributed by atoms with Gasteiger partial charge in [-0.3, -0.25) is 4.79 Å². The quantitative estimate of drug-likeness (QED) is 0.578. The maximum atomic E-state index is 12.9. The van der Waals surface area contributed by atoms with E-state index >= 15 is 0 Å². The Morgan fingerprint density at radius 2 is 1.73 bits per heavy atom. The van der Waals surface area contributed by atoms with Crippen LogP contribution < -0.4 is 5.32 Å². The van der Waals surface area contributed by atoms with E-state index in [1.54, 1.807) is 35.1 Å². The van der Waals surface area contributed by atoms with Crippen molar-refractivity contribution in [3.05, 3.63) is 95.9 Å². The van der Waals surface area contributed by atoms with E-state index in [1.165, 1.54) is 0 Å². The van der Waals surface area contributed by atoms with Crippen molar-refractivity contribution >= 4 is 23.2 Å². The zero-order valence-corrected chi connectivity index (χ0v) is 14.5. The van der Waals surface area contributed by atoms with E-state index < -0.39 is 0 Å². The second-order valence-corrected chi connectivity index (χ2v) is 6.12. The average Bonchev–Trinajstić information content (AvgIpc) is 3.32. The zero-order valence-electron chi connectivity index (χ0n) is 13.7. The first-order chi connectivity index (χ1) is 12.7. The van der Waals surface area contributed by atoms with E-state index in [0.717, 1.165) is 5.69 Å². The van der Waals surface area contributed by atoms with Gasteiger partial charge in [-0.15, -0.1) is 0 Å². The number of nitrogens with one attached hydrogen (secondary N) is 1. The molecule has 0 saturated carbocycles. The minimum Gasteiger partial charge on any atom is -0.322 e. The number of carbonyl (C=O) groups is 1. The van der Waals surface area contributed by atoms with Crippen molar-refractivity contribution < 1.29 is 4.79 Å². The van der Waals surface area contributed by atoms with Crippen LogP contribution in [0.5, 0.6) is 0 Å². The van der Waals surface area contributed by atoms with E-state index in [0.29, 0.717) is 22.1 Å². The van der Waals surface area contributed by atoms with Crippen molar-refractivity contribution in [2.24, 2.45) is 0 Å². The first-order valence-corrected chi connectivity index (χ1v) is 8.44. The van der Waals surface area contributed by atoms with Crippen molar-refractivity contribution in [1.82, 2.24) is 14.3 Å². The molecule has 0 aliphatic rings. The van der Waals surface area contributed by atoms with Crippen LogP contribution >= 0.6 is 11.6 Å². The lowest BCUT2D eigenvalue weighted by molar-refractivity contribution is 0.102. The fourth-order valence-electron chi connectivity index (χ4n) is 2.75. The third-order valence-corrected chi connectivity index (χ3v) is 4.16. The highest BCUT2D eigenvalue weighted by Crippen LogP contribution is 2.22. The molecule has 0 spiro atoms. The summed E-state index contributed by atoms with van der Waals surface area (Å²) in [6.07, 6.45) is 5.33. The first kappa shape index (κ1) is 16.2. The summed E-state index contributed by atoms with van der Waals surface area (Å²) < 4.78 is 3.61. The summed E-state index contributed by atoms with van der Waals surface area (Å²) in [5, 5.41) is 7.87. The highest BCUT2D eigenvalue weighted by molar-refractivity contribution is 6.31. The summed E-state index contributed by atoms with van der Waals surface area (Å²) in [6, 6.07) is 20.5. The Hall–Kier alpha value is -3.31. The Morgan fingerprint density at radius 1 is 0.962 bits per heavy atom. The Bertz CT molecular complexity index is 1040. The van der Waals surface area contributed by atoms with Gasteiger partial charge in [0, 0.05) is 23.1 Å². The molecule has 0 bridgehead atoms. The largest absolute Gasteiger partial charge is 0.322 e. The van der Waals surface area contributed by atoms with Crippen LogP contribution in [-0.2, 0) is 0 Å². The minimum absolute atomic E-state index is 0.252. The van der Waals surface area contributed by atoms with E-state index in [9.17, 15) is 4.79 Å². The molecule has 26 heavy (non-hydrogen) atoms. The van der Waals surface area contributed by atoms with Gasteiger partial charge in [0.1, 0.15) is 5.56 Å². The summed E-state index contributed by atoms with van der Waals surface area (Å²) >= 11 is 6.00. The monoisotopic (exact) mass is 362 g/mol. The molecular weight excluding hydrogens is 348 g/mol. The molecule has 2 aromatic heterocycles. The summed E-state index contributed by atoms with van der Waals surface area (Å²) in [6.45, 7) is 0. The van der Waals surface area contributed by atoms with Gasteiger partial charge in [-0.1, -0.05) is 35.9 Å². The van der Waals surface area contributed by atoms with Gasteiger partial charge in [-0.25, -0.2) is 4.68 Å². The maximum absolute atomic E-state index is 12.9. The lowest BCUT2D eigenvalue weighted by Gasteiger charge is -2.11. The molecule has 128 valence electrons. The first-order valence-electron chi connectivity index (χ1n) is 8.06. The molecule has 0 unspecified atom stereocenters. The molecule has 2 aromatic carbocycles. The molecule has 1 N–H and O–H groups in total. The van der Waals surface area contributed by atoms with E-state index in [1.807, 2.05) is 59.4 Å². The molecule has 6 heteroatoms. The Morgan fingerprint density at radius 3 is 2.46 bits per heavy atom. The Kier molecular flexibility index (Phi) is 4.29. The van der Waals surface area contributed by atoms with Crippen LogP contribution in [0.3, 0.4) is 0 Å². The molecule has 0 saturated heterocycles. The van der Waals surface area contributed by atoms with E-state index in [4.69, 9.17) is 11.6 Å². The molecule has 0 aliphatic carbocycles. The fourth-order valence-corrected chi connectivity index (χ4v) is 2.94. The van der Waals surface area contributed by atoms with Gasteiger partial charge in [0.15, 0.2) is 5.82 Å². The number of carbonyl (C=O) groups excluding carboxylic acids is 1. The Labute approximate surface area is 155 Å². The molecule has 0 atom stereocenters. The number of benzene rings is 2. The molecule has 0 radical (unpaired) electrons. The van der Waals surface area contributed by atoms with Crippen LogP contribution in [-0.4, -0.2) is 20.3 Å². The SMILES string of the molecule is O=C(Nc1cccc(Cl)c1)c1cnn(-c2ccccc2)c1-n1cccc1. The van der Waals surface area contributed by atoms with Crippen molar-refractivity contribution in [2.45, 2.75) is 0 Å². The van der Waals surface area contributed by atoms with Crippen LogP contribution in [0, 0.1) is 0 Å². The lowest BCUT2D eigenvalue weighted by atomic mass is 10.2. The molecule has 0 aliphatic heterocycles. The molecule has 4 rings (SSSR count). The average molecular weight is 363 g/mol. The molecule has 1 amide bonds. The second-order valence-electron chi connectivity index (χ2n) is 5.68. The summed E-state index contributed by atoms with van der Waals surface area (Å²) in [5.74, 6) is 0.416. The summed E-state index contributed by atoms with van der Waals surface area (Å²) in [4.78, 5) is 12.9. The van der Waals surface area contributed by atoms with Crippen LogP contribution in [0.1, 0.15) is 10.4 Å². The van der Waals surface area contributed by atoms with Crippen molar-refractivity contribution in [3.63, 3.8) is 0 Å². The lowest BCUT2D eigenvalue weighted by Crippen LogP contribution is -2.15. The standard InChI is InChI=1S/C20H15ClN4O/c21-15-7-6-8-16(13-15)23-19(26)18-14-22-25(17-9-2-1-3-10-17)20(18)24-11-4-5-12-24/h1-14H,(H,23,26). The van der Waals surface area contributed by atoms with Crippen molar-refractivity contribution in [3.8, 4) is 11.5 Å². The predicted octanol–water partition coefficient (Wildman–Crippen LogP) is 4.57. The van der Waals surface area contributed by atoms with Gasteiger partial charge < -0.3 is 9.88 Å². The number of amides is 1. The Balaban J connectivity index is 1.77. The number of anilines is 1. The van der Waals surface area contributed by atoms with Gasteiger partial charge in [0.05, 0.1) is 11.9 Å². The fraction of sp³-hybridized carbons (Fsp3) is 0. The summed E-state index contributed by atoms with van der Waals surface area (Å²) in [5.41, 5.74) is 1.97. The van der Waals surface area contributed by atoms with Gasteiger partial charge in [-0.05, 0) is 42.5 Å². The van der Waals surface area contributed by atoms with Crippen LogP contribution in [0.2, 0.25) is 5.02 Å². The third-order valence-electron chi connectivity index (χ3n) is 3.92. The molecule has 4 aromatic rings. The number of halogens is 1. The topological polar surface area (TPSA) is 51.9 Å². The number of hydrogen-bond acceptors (Lipinski definition) is 2. The number of nitrogens with zero attached hydrogens (tertiary/aromatic N) is 3. The van der Waals surface area contributed by atoms with Crippen molar-refractivity contribution in [1.29, 1.82) is 0 Å². The number of hydrogen-bond donors (Lipinski definition) is 1. The van der Waals surface area contributed by atoms with Gasteiger partial charge in [0.2, 0.25) is 0 Å². The smallest absolute Gasteiger partial charge is 0.261 e. The number of rotatable bonds is 4. The van der Waals surface area contributed by atoms with E-state index in [2.05, 4.69) is 10.4 Å². The van der Waals surface area contributed by atoms with E-state index in [-0.39, 0.29) is 5.91 Å². The normalized spacial score (nSPS) is 10.7. The third kappa shape index (κ3) is 3.12. The summed E-state index contributed by atoms with van der Waals surface area (Å²) in [7, 11) is 0. The van der Waals surface area contributed by atoms with Crippen LogP contribution in [0.25, 0.3) is 11.5 Å². The number of aromatic nitrogens is 3. The number of para-hydroxylation sites is 1. The van der Waals surface area contributed by atoms with Gasteiger partial charge in [-0.2, -0.15) is 5.10 Å². The molecule has 2 heterocycles.